The number of hydrogen-bond donors (Lipinski definition) is 1. The summed E-state index contributed by atoms with van der Waals surface area (Å²) in [5, 5.41) is 3.00. The van der Waals surface area contributed by atoms with Gasteiger partial charge in [0.15, 0.2) is 11.5 Å². The molecule has 2 rings (SSSR count). The van der Waals surface area contributed by atoms with Gasteiger partial charge in [0.05, 0.1) is 13.2 Å². The number of ether oxygens (including phenoxy) is 2. The molecule has 0 saturated carbocycles. The van der Waals surface area contributed by atoms with E-state index < -0.39 is 0 Å². The van der Waals surface area contributed by atoms with Gasteiger partial charge < -0.3 is 14.8 Å². The topological polar surface area (TPSA) is 30.5 Å². The Balaban J connectivity index is 2.24. The Labute approximate surface area is 94.6 Å². The van der Waals surface area contributed by atoms with Crippen LogP contribution >= 0.6 is 0 Å². The van der Waals surface area contributed by atoms with Gasteiger partial charge in [-0.3, -0.25) is 0 Å². The van der Waals surface area contributed by atoms with Crippen LogP contribution in [0.3, 0.4) is 0 Å². The number of fused-ring (bicyclic) bond motifs is 1. The van der Waals surface area contributed by atoms with Crippen LogP contribution in [0.1, 0.15) is 12.0 Å². The summed E-state index contributed by atoms with van der Waals surface area (Å²) in [7, 11) is 1.85. The van der Waals surface area contributed by atoms with Crippen LogP contribution in [-0.4, -0.2) is 26.8 Å². The molecule has 0 bridgehead atoms. The third-order valence-corrected chi connectivity index (χ3v) is 2.56. The van der Waals surface area contributed by atoms with Crippen molar-refractivity contribution in [2.45, 2.75) is 12.8 Å². The van der Waals surface area contributed by atoms with Crippen molar-refractivity contribution in [3.8, 4) is 11.5 Å². The molecule has 0 spiro atoms. The largest absolute Gasteiger partial charge is 0.490 e. The van der Waals surface area contributed by atoms with Crippen LogP contribution in [0.25, 0.3) is 0 Å². The molecule has 16 heavy (non-hydrogen) atoms. The zero-order chi connectivity index (χ0) is 11.4. The van der Waals surface area contributed by atoms with Gasteiger partial charge in [-0.25, -0.2) is 4.39 Å². The van der Waals surface area contributed by atoms with Gasteiger partial charge in [-0.2, -0.15) is 0 Å². The van der Waals surface area contributed by atoms with Gasteiger partial charge in [-0.1, -0.05) is 0 Å². The lowest BCUT2D eigenvalue weighted by molar-refractivity contribution is 0.296. The number of likely N-dealkylation sites (N-methyl/N-ethyl adjacent to an activating group) is 1. The summed E-state index contributed by atoms with van der Waals surface area (Å²) >= 11 is 0. The summed E-state index contributed by atoms with van der Waals surface area (Å²) in [6.07, 6.45) is 1.49. The van der Waals surface area contributed by atoms with E-state index in [4.69, 9.17) is 9.47 Å². The van der Waals surface area contributed by atoms with Crippen molar-refractivity contribution in [1.82, 2.24) is 5.32 Å². The molecular weight excluding hydrogens is 209 g/mol. The molecule has 4 heteroatoms. The second-order valence-electron chi connectivity index (χ2n) is 3.79. The van der Waals surface area contributed by atoms with E-state index in [9.17, 15) is 4.39 Å². The standard InChI is InChI=1S/C12H16FNO2/c1-14-4-3-9-7-11-12(8-10(9)13)16-6-2-5-15-11/h7-8,14H,2-6H2,1H3. The second kappa shape index (κ2) is 5.16. The highest BCUT2D eigenvalue weighted by atomic mass is 19.1. The van der Waals surface area contributed by atoms with E-state index in [-0.39, 0.29) is 5.82 Å². The van der Waals surface area contributed by atoms with Gasteiger partial charge in [-0.05, 0) is 31.6 Å². The monoisotopic (exact) mass is 225 g/mol. The minimum absolute atomic E-state index is 0.223. The molecule has 1 aromatic rings. The van der Waals surface area contributed by atoms with E-state index in [1.165, 1.54) is 6.07 Å². The summed E-state index contributed by atoms with van der Waals surface area (Å²) < 4.78 is 24.6. The average molecular weight is 225 g/mol. The fourth-order valence-electron chi connectivity index (χ4n) is 1.68. The first-order chi connectivity index (χ1) is 7.81. The summed E-state index contributed by atoms with van der Waals surface area (Å²) in [5.41, 5.74) is 0.665. The Morgan fingerprint density at radius 1 is 1.25 bits per heavy atom. The quantitative estimate of drug-likeness (QED) is 0.850. The van der Waals surface area contributed by atoms with E-state index in [1.54, 1.807) is 6.07 Å². The maximum atomic E-state index is 13.7. The minimum atomic E-state index is -0.223. The Morgan fingerprint density at radius 2 is 1.94 bits per heavy atom. The van der Waals surface area contributed by atoms with Crippen LogP contribution in [0.4, 0.5) is 4.39 Å². The first-order valence-electron chi connectivity index (χ1n) is 5.54. The van der Waals surface area contributed by atoms with Crippen molar-refractivity contribution in [3.05, 3.63) is 23.5 Å². The van der Waals surface area contributed by atoms with Crippen LogP contribution in [0.15, 0.2) is 12.1 Å². The molecule has 1 aliphatic rings. The van der Waals surface area contributed by atoms with Crippen LogP contribution in [0.5, 0.6) is 11.5 Å². The second-order valence-corrected chi connectivity index (χ2v) is 3.79. The van der Waals surface area contributed by atoms with Gasteiger partial charge >= 0.3 is 0 Å². The SMILES string of the molecule is CNCCc1cc2c(cc1F)OCCCO2. The van der Waals surface area contributed by atoms with Crippen LogP contribution in [0.2, 0.25) is 0 Å². The van der Waals surface area contributed by atoms with Gasteiger partial charge in [0.25, 0.3) is 0 Å². The summed E-state index contributed by atoms with van der Waals surface area (Å²) in [5.74, 6) is 0.952. The molecule has 1 aliphatic heterocycles. The van der Waals surface area contributed by atoms with E-state index in [0.29, 0.717) is 36.7 Å². The number of nitrogens with one attached hydrogen (secondary N) is 1. The molecule has 0 radical (unpaired) electrons. The highest BCUT2D eigenvalue weighted by Crippen LogP contribution is 2.32. The molecular formula is C12H16FNO2. The Bertz CT molecular complexity index is 368. The highest BCUT2D eigenvalue weighted by molar-refractivity contribution is 5.44. The number of hydrogen-bond acceptors (Lipinski definition) is 3. The molecule has 1 N–H and O–H groups in total. The lowest BCUT2D eigenvalue weighted by atomic mass is 10.1. The molecule has 0 saturated heterocycles. The van der Waals surface area contributed by atoms with Crippen molar-refractivity contribution >= 4 is 0 Å². The van der Waals surface area contributed by atoms with E-state index in [1.807, 2.05) is 7.05 Å². The molecule has 0 aromatic heterocycles. The average Bonchev–Trinajstić information content (AvgIpc) is 2.50. The lowest BCUT2D eigenvalue weighted by Gasteiger charge is -2.10. The fraction of sp³-hybridized carbons (Fsp3) is 0.500. The summed E-state index contributed by atoms with van der Waals surface area (Å²) in [6, 6.07) is 3.17. The molecule has 0 aliphatic carbocycles. The Morgan fingerprint density at radius 3 is 2.62 bits per heavy atom. The number of halogens is 1. The summed E-state index contributed by atoms with van der Waals surface area (Å²) in [6.45, 7) is 1.96. The molecule has 1 heterocycles. The zero-order valence-electron chi connectivity index (χ0n) is 9.38. The fourth-order valence-corrected chi connectivity index (χ4v) is 1.68. The predicted octanol–water partition coefficient (Wildman–Crippen LogP) is 1.75. The molecule has 3 nitrogen and oxygen atoms in total. The van der Waals surface area contributed by atoms with Crippen molar-refractivity contribution in [3.63, 3.8) is 0 Å². The summed E-state index contributed by atoms with van der Waals surface area (Å²) in [4.78, 5) is 0. The molecule has 0 amide bonds. The van der Waals surface area contributed by atoms with E-state index >= 15 is 0 Å². The van der Waals surface area contributed by atoms with Gasteiger partial charge in [-0.15, -0.1) is 0 Å². The zero-order valence-corrected chi connectivity index (χ0v) is 9.38. The van der Waals surface area contributed by atoms with Crippen LogP contribution in [-0.2, 0) is 6.42 Å². The lowest BCUT2D eigenvalue weighted by Crippen LogP contribution is -2.11. The van der Waals surface area contributed by atoms with Crippen LogP contribution < -0.4 is 14.8 Å². The maximum Gasteiger partial charge on any atom is 0.164 e. The van der Waals surface area contributed by atoms with Gasteiger partial charge in [0.1, 0.15) is 5.82 Å². The Hall–Kier alpha value is -1.29. The van der Waals surface area contributed by atoms with Crippen molar-refractivity contribution in [2.24, 2.45) is 0 Å². The predicted molar refractivity (Wildman–Crippen MR) is 59.6 cm³/mol. The van der Waals surface area contributed by atoms with Gasteiger partial charge in [0.2, 0.25) is 0 Å². The van der Waals surface area contributed by atoms with Crippen LogP contribution in [0, 0.1) is 5.82 Å². The highest BCUT2D eigenvalue weighted by Gasteiger charge is 2.14. The third-order valence-electron chi connectivity index (χ3n) is 2.56. The van der Waals surface area contributed by atoms with Crippen molar-refractivity contribution in [2.75, 3.05) is 26.8 Å². The molecule has 1 aromatic carbocycles. The first kappa shape index (κ1) is 11.2. The van der Waals surface area contributed by atoms with E-state index in [2.05, 4.69) is 5.32 Å². The van der Waals surface area contributed by atoms with E-state index in [0.717, 1.165) is 13.0 Å². The molecule has 0 unspecified atom stereocenters. The van der Waals surface area contributed by atoms with Crippen molar-refractivity contribution in [1.29, 1.82) is 0 Å². The van der Waals surface area contributed by atoms with Crippen molar-refractivity contribution < 1.29 is 13.9 Å². The smallest absolute Gasteiger partial charge is 0.164 e. The first-order valence-corrected chi connectivity index (χ1v) is 5.54. The molecule has 0 fully saturated rings. The maximum absolute atomic E-state index is 13.7. The molecule has 88 valence electrons. The number of benzene rings is 1. The normalized spacial score (nSPS) is 14.6. The molecule has 0 atom stereocenters. The third kappa shape index (κ3) is 2.44. The minimum Gasteiger partial charge on any atom is -0.490 e. The van der Waals surface area contributed by atoms with Gasteiger partial charge in [0, 0.05) is 12.5 Å². The Kier molecular flexibility index (Phi) is 3.62. The number of rotatable bonds is 3.